The van der Waals surface area contributed by atoms with Crippen LogP contribution in [0.3, 0.4) is 0 Å². The molecule has 0 radical (unpaired) electrons. The molecule has 4 aromatic carbocycles. The van der Waals surface area contributed by atoms with Crippen LogP contribution >= 0.6 is 0 Å². The van der Waals surface area contributed by atoms with Gasteiger partial charge in [-0.3, -0.25) is 14.4 Å². The topological polar surface area (TPSA) is 165 Å². The number of nitrogens with one attached hydrogen (secondary N) is 4. The van der Waals surface area contributed by atoms with Gasteiger partial charge in [0, 0.05) is 30.1 Å². The quantitative estimate of drug-likeness (QED) is 0.0402. The number of benzene rings is 4. The first kappa shape index (κ1) is 44.3. The third kappa shape index (κ3) is 12.9. The Balaban J connectivity index is 1.27. The zero-order valence-corrected chi connectivity index (χ0v) is 32.2. The maximum atomic E-state index is 14.2. The minimum absolute atomic E-state index is 0.0144. The molecule has 0 bridgehead atoms. The van der Waals surface area contributed by atoms with Gasteiger partial charge in [-0.05, 0) is 72.7 Å². The highest BCUT2D eigenvalue weighted by Crippen LogP contribution is 2.36. The van der Waals surface area contributed by atoms with Crippen LogP contribution in [0, 0.1) is 6.92 Å². The first-order valence-electron chi connectivity index (χ1n) is 18.7. The second-order valence-electron chi connectivity index (χ2n) is 13.6. The number of hydrogen-bond donors (Lipinski definition) is 4. The van der Waals surface area contributed by atoms with Crippen molar-refractivity contribution in [1.29, 1.82) is 0 Å². The molecule has 316 valence electrons. The number of carbonyl (C=O) groups is 4. The number of alkyl halides is 5. The van der Waals surface area contributed by atoms with Crippen LogP contribution in [0.4, 0.5) is 32.4 Å². The summed E-state index contributed by atoms with van der Waals surface area (Å²) >= 11 is 0. The summed E-state index contributed by atoms with van der Waals surface area (Å²) in [4.78, 5) is 63.5. The Hall–Kier alpha value is -6.78. The Morgan fingerprint density at radius 1 is 0.750 bits per heavy atom. The van der Waals surface area contributed by atoms with E-state index >= 15 is 0 Å². The van der Waals surface area contributed by atoms with Crippen molar-refractivity contribution in [3.8, 4) is 5.75 Å². The van der Waals surface area contributed by atoms with E-state index in [9.17, 15) is 45.9 Å². The van der Waals surface area contributed by atoms with Crippen molar-refractivity contribution in [2.45, 2.75) is 70.5 Å². The van der Waals surface area contributed by atoms with Gasteiger partial charge in [0.05, 0.1) is 0 Å². The van der Waals surface area contributed by atoms with Crippen molar-refractivity contribution in [2.24, 2.45) is 0 Å². The number of hydrogen-bond acceptors (Lipinski definition) is 8. The number of fused-ring (bicyclic) bond motifs is 1. The van der Waals surface area contributed by atoms with Crippen LogP contribution in [-0.4, -0.2) is 48.6 Å². The molecule has 0 saturated heterocycles. The van der Waals surface area contributed by atoms with Gasteiger partial charge < -0.3 is 35.2 Å². The van der Waals surface area contributed by atoms with E-state index in [1.165, 1.54) is 30.3 Å². The normalized spacial score (nSPS) is 12.3. The molecule has 4 amide bonds. The number of anilines is 1. The predicted octanol–water partition coefficient (Wildman–Crippen LogP) is 7.43. The summed E-state index contributed by atoms with van der Waals surface area (Å²) in [6.45, 7) is 0.999. The molecule has 5 rings (SSSR count). The fraction of sp³-hybridized carbons (Fsp3) is 0.279. The lowest BCUT2D eigenvalue weighted by Crippen LogP contribution is -2.53. The van der Waals surface area contributed by atoms with Crippen LogP contribution in [-0.2, 0) is 38.8 Å². The molecule has 0 spiro atoms. The summed E-state index contributed by atoms with van der Waals surface area (Å²) in [5, 5.41) is 9.99. The molecule has 1 heterocycles. The highest BCUT2D eigenvalue weighted by Gasteiger charge is 2.38. The molecule has 2 atom stereocenters. The zero-order valence-electron chi connectivity index (χ0n) is 32.2. The molecule has 1 aromatic heterocycles. The summed E-state index contributed by atoms with van der Waals surface area (Å²) in [6, 6.07) is 25.3. The van der Waals surface area contributed by atoms with E-state index in [1.54, 1.807) is 85.0 Å². The lowest BCUT2D eigenvalue weighted by Gasteiger charge is -2.23. The van der Waals surface area contributed by atoms with Gasteiger partial charge >= 0.3 is 23.8 Å². The molecule has 0 saturated carbocycles. The number of rotatable bonds is 18. The van der Waals surface area contributed by atoms with Crippen molar-refractivity contribution in [3.63, 3.8) is 0 Å². The van der Waals surface area contributed by atoms with E-state index in [4.69, 9.17) is 13.9 Å². The maximum absolute atomic E-state index is 14.2. The first-order chi connectivity index (χ1) is 28.7. The third-order valence-electron chi connectivity index (χ3n) is 9.15. The fourth-order valence-electron chi connectivity index (χ4n) is 6.08. The van der Waals surface area contributed by atoms with E-state index < -0.39 is 59.7 Å². The van der Waals surface area contributed by atoms with Crippen LogP contribution < -0.4 is 31.6 Å². The van der Waals surface area contributed by atoms with E-state index in [0.29, 0.717) is 27.6 Å². The van der Waals surface area contributed by atoms with Gasteiger partial charge in [0.25, 0.3) is 6.43 Å². The highest BCUT2D eigenvalue weighted by molar-refractivity contribution is 5.98. The number of amides is 4. The molecule has 0 aliphatic carbocycles. The summed E-state index contributed by atoms with van der Waals surface area (Å²) in [6.07, 6.45) is -8.90. The smallest absolute Gasteiger partial charge is 0.471 e. The molecule has 17 heteroatoms. The van der Waals surface area contributed by atoms with Gasteiger partial charge in [-0.15, -0.1) is 0 Å². The molecule has 1 unspecified atom stereocenters. The number of halogens is 5. The van der Waals surface area contributed by atoms with Crippen LogP contribution in [0.1, 0.15) is 53.5 Å². The second-order valence-corrected chi connectivity index (χ2v) is 13.6. The Morgan fingerprint density at radius 3 is 2.05 bits per heavy atom. The Morgan fingerprint density at radius 2 is 1.40 bits per heavy atom. The Kier molecular flexibility index (Phi) is 15.3. The summed E-state index contributed by atoms with van der Waals surface area (Å²) in [5.41, 5.74) is 1.000. The van der Waals surface area contributed by atoms with Crippen LogP contribution in [0.15, 0.2) is 112 Å². The number of ether oxygens (including phenoxy) is 2. The Bertz CT molecular complexity index is 2310. The van der Waals surface area contributed by atoms with Gasteiger partial charge in [-0.25, -0.2) is 18.4 Å². The lowest BCUT2D eigenvalue weighted by molar-refractivity contribution is -0.173. The first-order valence-corrected chi connectivity index (χ1v) is 18.7. The van der Waals surface area contributed by atoms with Gasteiger partial charge in [0.15, 0.2) is 5.58 Å². The van der Waals surface area contributed by atoms with Gasteiger partial charge in [0.2, 0.25) is 11.8 Å². The summed E-state index contributed by atoms with van der Waals surface area (Å²) in [5.74, 6) is -3.75. The third-order valence-corrected chi connectivity index (χ3v) is 9.15. The zero-order chi connectivity index (χ0) is 43.2. The van der Waals surface area contributed by atoms with Crippen molar-refractivity contribution in [3.05, 3.63) is 141 Å². The molecule has 60 heavy (non-hydrogen) atoms. The second kappa shape index (κ2) is 20.8. The van der Waals surface area contributed by atoms with Crippen LogP contribution in [0.2, 0.25) is 0 Å². The van der Waals surface area contributed by atoms with Gasteiger partial charge in [0.1, 0.15) is 36.6 Å². The molecule has 5 aromatic rings. The minimum atomic E-state index is -5.06. The van der Waals surface area contributed by atoms with Crippen LogP contribution in [0.25, 0.3) is 11.0 Å². The van der Waals surface area contributed by atoms with Crippen molar-refractivity contribution < 1.29 is 55.0 Å². The molecule has 0 aliphatic rings. The average molecular weight is 837 g/mol. The number of unbranched alkanes of at least 4 members (excludes halogenated alkanes) is 1. The summed E-state index contributed by atoms with van der Waals surface area (Å²) < 4.78 is 82.4. The van der Waals surface area contributed by atoms with E-state index in [2.05, 4.69) is 16.0 Å². The molecule has 0 aliphatic heterocycles. The molecule has 12 nitrogen and oxygen atoms in total. The lowest BCUT2D eigenvalue weighted by atomic mass is 10.0. The number of alkyl carbamates (subject to hydrolysis) is 1. The van der Waals surface area contributed by atoms with Gasteiger partial charge in [-0.1, -0.05) is 72.8 Å². The van der Waals surface area contributed by atoms with E-state index in [-0.39, 0.29) is 62.5 Å². The van der Waals surface area contributed by atoms with Gasteiger partial charge in [-0.2, -0.15) is 13.2 Å². The van der Waals surface area contributed by atoms with Crippen LogP contribution in [0.5, 0.6) is 5.75 Å². The molecular formula is C43H41F5N4O8. The monoisotopic (exact) mass is 836 g/mol. The van der Waals surface area contributed by atoms with E-state index in [0.717, 1.165) is 0 Å². The molecule has 4 N–H and O–H groups in total. The SMILES string of the molecule is Cc1cc(=O)oc2c(C(F)F)c(OCc3ccc(NC(=O)[C@H](CCCCNC(=O)C(F)(F)F)NC(=O)C(Cc4ccccc4)NC(=O)OCc4ccccc4)cc3)ccc12. The van der Waals surface area contributed by atoms with E-state index in [1.807, 2.05) is 0 Å². The molecular weight excluding hydrogens is 795 g/mol. The fourth-order valence-corrected chi connectivity index (χ4v) is 6.08. The largest absolute Gasteiger partial charge is 0.488 e. The summed E-state index contributed by atoms with van der Waals surface area (Å²) in [7, 11) is 0. The number of aryl methyl sites for hydroxylation is 1. The number of carbonyl (C=O) groups excluding carboxylic acids is 4. The highest BCUT2D eigenvalue weighted by atomic mass is 19.4. The predicted molar refractivity (Wildman–Crippen MR) is 210 cm³/mol. The average Bonchev–Trinajstić information content (AvgIpc) is 3.21. The Labute approximate surface area is 340 Å². The minimum Gasteiger partial charge on any atom is -0.488 e. The maximum Gasteiger partial charge on any atom is 0.471 e. The van der Waals surface area contributed by atoms with Crippen molar-refractivity contribution in [1.82, 2.24) is 16.0 Å². The molecule has 0 fully saturated rings. The van der Waals surface area contributed by atoms with Crippen molar-refractivity contribution in [2.75, 3.05) is 11.9 Å². The van der Waals surface area contributed by atoms with Crippen molar-refractivity contribution >= 4 is 40.5 Å². The standard InChI is InChI=1S/C43H41F5N4O8/c1-26-22-35(53)60-37-31(26)19-20-34(36(37)38(44)45)58-24-29-15-17-30(18-16-29)50-39(54)32(14-8-9-21-49-41(56)43(46,47)48)51-40(55)33(23-27-10-4-2-5-11-27)52-42(57)59-25-28-12-6-3-7-13-28/h2-7,10-13,15-20,22,32-33,38H,8-9,14,21,23-25H2,1H3,(H,49,56)(H,50,54)(H,51,55)(H,52,57)/t32-,33?/m0/s1.